The molecule has 0 aliphatic carbocycles. The smallest absolute Gasteiger partial charge is 0.203 e. The predicted octanol–water partition coefficient (Wildman–Crippen LogP) is 2.63. The molecule has 4 nitrogen and oxygen atoms in total. The summed E-state index contributed by atoms with van der Waals surface area (Å²) in [4.78, 5) is 0. The van der Waals surface area contributed by atoms with E-state index in [0.717, 1.165) is 24.2 Å². The van der Waals surface area contributed by atoms with Gasteiger partial charge < -0.3 is 19.9 Å². The maximum Gasteiger partial charge on any atom is 0.203 e. The molecule has 0 radical (unpaired) electrons. The van der Waals surface area contributed by atoms with Gasteiger partial charge in [-0.2, -0.15) is 0 Å². The Hall–Kier alpha value is -1.42. The molecule has 0 saturated heterocycles. The maximum atomic E-state index is 5.77. The van der Waals surface area contributed by atoms with Gasteiger partial charge in [0.05, 0.1) is 21.3 Å². The van der Waals surface area contributed by atoms with Crippen molar-refractivity contribution in [3.63, 3.8) is 0 Å². The molecule has 1 aromatic carbocycles. The van der Waals surface area contributed by atoms with Crippen molar-refractivity contribution in [1.82, 2.24) is 0 Å². The fraction of sp³-hybridized carbons (Fsp3) is 0.600. The molecule has 0 spiro atoms. The van der Waals surface area contributed by atoms with Crippen LogP contribution in [0.2, 0.25) is 0 Å². The molecule has 0 saturated carbocycles. The summed E-state index contributed by atoms with van der Waals surface area (Å²) in [5, 5.41) is 0. The van der Waals surface area contributed by atoms with Gasteiger partial charge in [0.1, 0.15) is 0 Å². The lowest BCUT2D eigenvalue weighted by atomic mass is 9.86. The number of ether oxygens (including phenoxy) is 3. The Morgan fingerprint density at radius 1 is 1.00 bits per heavy atom. The summed E-state index contributed by atoms with van der Waals surface area (Å²) in [5.41, 5.74) is 7.00. The van der Waals surface area contributed by atoms with Crippen LogP contribution in [0, 0.1) is 5.41 Å². The fourth-order valence-corrected chi connectivity index (χ4v) is 1.94. The van der Waals surface area contributed by atoms with Crippen molar-refractivity contribution in [3.8, 4) is 17.2 Å². The van der Waals surface area contributed by atoms with Crippen LogP contribution in [-0.4, -0.2) is 27.9 Å². The summed E-state index contributed by atoms with van der Waals surface area (Å²) in [7, 11) is 4.89. The Morgan fingerprint density at radius 3 is 2.11 bits per heavy atom. The summed E-state index contributed by atoms with van der Waals surface area (Å²) < 4.78 is 16.1. The van der Waals surface area contributed by atoms with Gasteiger partial charge in [-0.3, -0.25) is 0 Å². The predicted molar refractivity (Wildman–Crippen MR) is 77.3 cm³/mol. The van der Waals surface area contributed by atoms with Crippen LogP contribution in [0.1, 0.15) is 25.8 Å². The first-order valence-electron chi connectivity index (χ1n) is 6.47. The van der Waals surface area contributed by atoms with E-state index in [9.17, 15) is 0 Å². The third kappa shape index (κ3) is 3.77. The van der Waals surface area contributed by atoms with Gasteiger partial charge in [0.25, 0.3) is 0 Å². The molecule has 1 rings (SSSR count). The van der Waals surface area contributed by atoms with Crippen molar-refractivity contribution >= 4 is 0 Å². The van der Waals surface area contributed by atoms with Crippen molar-refractivity contribution in [2.45, 2.75) is 26.7 Å². The molecule has 0 heterocycles. The molecule has 0 aliphatic rings. The van der Waals surface area contributed by atoms with E-state index in [4.69, 9.17) is 19.9 Å². The first kappa shape index (κ1) is 15.6. The third-order valence-corrected chi connectivity index (χ3v) is 3.41. The minimum atomic E-state index is 0.123. The highest BCUT2D eigenvalue weighted by Gasteiger charge is 2.19. The zero-order valence-corrected chi connectivity index (χ0v) is 12.6. The van der Waals surface area contributed by atoms with Gasteiger partial charge in [0, 0.05) is 0 Å². The van der Waals surface area contributed by atoms with E-state index in [1.54, 1.807) is 21.3 Å². The highest BCUT2D eigenvalue weighted by atomic mass is 16.5. The molecule has 0 fully saturated rings. The molecule has 1 aromatic rings. The monoisotopic (exact) mass is 267 g/mol. The van der Waals surface area contributed by atoms with E-state index in [-0.39, 0.29) is 5.41 Å². The number of aryl methyl sites for hydroxylation is 1. The lowest BCUT2D eigenvalue weighted by Crippen LogP contribution is -2.24. The van der Waals surface area contributed by atoms with Gasteiger partial charge in [-0.1, -0.05) is 19.9 Å². The Morgan fingerprint density at radius 2 is 1.63 bits per heavy atom. The van der Waals surface area contributed by atoms with Crippen LogP contribution < -0.4 is 19.9 Å². The van der Waals surface area contributed by atoms with Gasteiger partial charge in [0.2, 0.25) is 5.75 Å². The molecular weight excluding hydrogens is 242 g/mol. The number of methoxy groups -OCH3 is 3. The van der Waals surface area contributed by atoms with E-state index < -0.39 is 0 Å². The molecule has 0 aromatic heterocycles. The molecule has 0 atom stereocenters. The molecule has 0 unspecified atom stereocenters. The van der Waals surface area contributed by atoms with Crippen LogP contribution in [0.5, 0.6) is 17.2 Å². The van der Waals surface area contributed by atoms with Crippen LogP contribution in [0.15, 0.2) is 12.1 Å². The van der Waals surface area contributed by atoms with E-state index >= 15 is 0 Å². The quantitative estimate of drug-likeness (QED) is 0.825. The first-order valence-corrected chi connectivity index (χ1v) is 6.47. The minimum Gasteiger partial charge on any atom is -0.493 e. The third-order valence-electron chi connectivity index (χ3n) is 3.41. The van der Waals surface area contributed by atoms with Crippen molar-refractivity contribution in [1.29, 1.82) is 0 Å². The molecule has 0 amide bonds. The SMILES string of the molecule is COc1ccc(CCC(C)(C)CN)c(OC)c1OC. The van der Waals surface area contributed by atoms with Crippen molar-refractivity contribution in [3.05, 3.63) is 17.7 Å². The highest BCUT2D eigenvalue weighted by Crippen LogP contribution is 2.40. The van der Waals surface area contributed by atoms with E-state index in [0.29, 0.717) is 18.0 Å². The molecule has 0 aliphatic heterocycles. The summed E-state index contributed by atoms with van der Waals surface area (Å²) in [6, 6.07) is 3.93. The Labute approximate surface area is 115 Å². The summed E-state index contributed by atoms with van der Waals surface area (Å²) in [5.74, 6) is 2.07. The van der Waals surface area contributed by atoms with Crippen LogP contribution in [0.4, 0.5) is 0 Å². The van der Waals surface area contributed by atoms with Crippen molar-refractivity contribution in [2.24, 2.45) is 11.1 Å². The van der Waals surface area contributed by atoms with Crippen molar-refractivity contribution in [2.75, 3.05) is 27.9 Å². The second kappa shape index (κ2) is 6.66. The summed E-state index contributed by atoms with van der Waals surface area (Å²) in [6.45, 7) is 5.00. The summed E-state index contributed by atoms with van der Waals surface area (Å²) in [6.07, 6.45) is 1.89. The second-order valence-electron chi connectivity index (χ2n) is 5.36. The molecule has 108 valence electrons. The Bertz CT molecular complexity index is 416. The Balaban J connectivity index is 3.01. The Kier molecular flexibility index (Phi) is 5.48. The van der Waals surface area contributed by atoms with Gasteiger partial charge >= 0.3 is 0 Å². The lowest BCUT2D eigenvalue weighted by molar-refractivity contribution is 0.316. The number of hydrogen-bond donors (Lipinski definition) is 1. The number of benzene rings is 1. The zero-order valence-electron chi connectivity index (χ0n) is 12.6. The van der Waals surface area contributed by atoms with Crippen LogP contribution >= 0.6 is 0 Å². The van der Waals surface area contributed by atoms with Crippen LogP contribution in [-0.2, 0) is 6.42 Å². The minimum absolute atomic E-state index is 0.123. The van der Waals surface area contributed by atoms with E-state index in [1.165, 1.54) is 0 Å². The average Bonchev–Trinajstić information content (AvgIpc) is 2.43. The van der Waals surface area contributed by atoms with Gasteiger partial charge in [0.15, 0.2) is 11.5 Å². The molecule has 4 heteroatoms. The van der Waals surface area contributed by atoms with Gasteiger partial charge in [-0.25, -0.2) is 0 Å². The molecular formula is C15H25NO3. The van der Waals surface area contributed by atoms with E-state index in [2.05, 4.69) is 13.8 Å². The van der Waals surface area contributed by atoms with E-state index in [1.807, 2.05) is 12.1 Å². The molecule has 2 N–H and O–H groups in total. The maximum absolute atomic E-state index is 5.77. The summed E-state index contributed by atoms with van der Waals surface area (Å²) >= 11 is 0. The fourth-order valence-electron chi connectivity index (χ4n) is 1.94. The molecule has 19 heavy (non-hydrogen) atoms. The van der Waals surface area contributed by atoms with Crippen LogP contribution in [0.25, 0.3) is 0 Å². The first-order chi connectivity index (χ1) is 8.99. The van der Waals surface area contributed by atoms with Gasteiger partial charge in [-0.15, -0.1) is 0 Å². The normalized spacial score (nSPS) is 11.3. The highest BCUT2D eigenvalue weighted by molar-refractivity contribution is 5.55. The second-order valence-corrected chi connectivity index (χ2v) is 5.36. The number of hydrogen-bond acceptors (Lipinski definition) is 4. The lowest BCUT2D eigenvalue weighted by Gasteiger charge is -2.23. The molecule has 0 bridgehead atoms. The topological polar surface area (TPSA) is 53.7 Å². The number of rotatable bonds is 7. The zero-order chi connectivity index (χ0) is 14.5. The largest absolute Gasteiger partial charge is 0.493 e. The van der Waals surface area contributed by atoms with Gasteiger partial charge in [-0.05, 0) is 36.4 Å². The average molecular weight is 267 g/mol. The van der Waals surface area contributed by atoms with Crippen molar-refractivity contribution < 1.29 is 14.2 Å². The standard InChI is InChI=1S/C15H25NO3/c1-15(2,10-16)9-8-11-6-7-12(17-3)14(19-5)13(11)18-4/h6-7H,8-10,16H2,1-5H3. The van der Waals surface area contributed by atoms with Crippen LogP contribution in [0.3, 0.4) is 0 Å². The number of nitrogens with two attached hydrogens (primary N) is 1.